The van der Waals surface area contributed by atoms with Gasteiger partial charge in [-0.25, -0.2) is 0 Å². The van der Waals surface area contributed by atoms with Crippen molar-refractivity contribution in [3.8, 4) is 17.2 Å². The highest BCUT2D eigenvalue weighted by Crippen LogP contribution is 2.42. The molecule has 3 rings (SSSR count). The maximum absolute atomic E-state index is 6.25. The third-order valence-electron chi connectivity index (χ3n) is 7.15. The maximum Gasteiger partial charge on any atom is 0.530 e. The fraction of sp³-hybridized carbons (Fsp3) is 0.455. The Morgan fingerprint density at radius 2 is 0.703 bits per heavy atom. The van der Waals surface area contributed by atoms with Gasteiger partial charge in [0.25, 0.3) is 0 Å². The molecule has 37 heavy (non-hydrogen) atoms. The molecule has 0 heterocycles. The second kappa shape index (κ2) is 15.0. The number of hydrogen-bond donors (Lipinski definition) is 0. The number of benzene rings is 3. The Labute approximate surface area is 226 Å². The lowest BCUT2D eigenvalue weighted by Gasteiger charge is -2.19. The van der Waals surface area contributed by atoms with Crippen molar-refractivity contribution in [3.63, 3.8) is 0 Å². The van der Waals surface area contributed by atoms with Crippen LogP contribution in [0.15, 0.2) is 72.8 Å². The van der Waals surface area contributed by atoms with Gasteiger partial charge < -0.3 is 13.6 Å². The number of rotatable bonds is 15. The molecule has 0 bridgehead atoms. The Hall–Kier alpha value is -2.51. The van der Waals surface area contributed by atoms with E-state index in [4.69, 9.17) is 13.6 Å². The molecule has 0 saturated carbocycles. The Morgan fingerprint density at radius 3 is 0.919 bits per heavy atom. The molecule has 3 atom stereocenters. The third kappa shape index (κ3) is 10.0. The minimum absolute atomic E-state index is 0.669. The summed E-state index contributed by atoms with van der Waals surface area (Å²) in [6, 6.07) is 25.0. The smallest absolute Gasteiger partial charge is 0.409 e. The molecule has 0 amide bonds. The summed E-state index contributed by atoms with van der Waals surface area (Å²) in [5.74, 6) is 4.26. The van der Waals surface area contributed by atoms with Gasteiger partial charge in [0.2, 0.25) is 0 Å². The molecule has 0 saturated heterocycles. The Bertz CT molecular complexity index is 894. The fourth-order valence-electron chi connectivity index (χ4n) is 4.01. The lowest BCUT2D eigenvalue weighted by Crippen LogP contribution is -2.03. The van der Waals surface area contributed by atoms with E-state index < -0.39 is 8.60 Å². The largest absolute Gasteiger partial charge is 0.530 e. The highest BCUT2D eigenvalue weighted by atomic mass is 31.2. The molecule has 0 aliphatic rings. The van der Waals surface area contributed by atoms with Gasteiger partial charge in [-0.05, 0) is 90.1 Å². The summed E-state index contributed by atoms with van der Waals surface area (Å²) in [6.45, 7) is 13.6. The highest BCUT2D eigenvalue weighted by Gasteiger charge is 2.20. The molecule has 0 aliphatic heterocycles. The monoisotopic (exact) mass is 520 g/mol. The zero-order valence-corrected chi connectivity index (χ0v) is 24.5. The maximum atomic E-state index is 6.25. The first-order valence-corrected chi connectivity index (χ1v) is 15.1. The topological polar surface area (TPSA) is 27.7 Å². The van der Waals surface area contributed by atoms with E-state index in [0.29, 0.717) is 17.8 Å². The van der Waals surface area contributed by atoms with Crippen LogP contribution < -0.4 is 13.6 Å². The molecule has 0 spiro atoms. The first kappa shape index (κ1) is 29.1. The van der Waals surface area contributed by atoms with E-state index in [1.165, 1.54) is 36.0 Å². The standard InChI is InChI=1S/C33H45O3P/c1-7-25(4)22-28-10-16-31(17-11-28)34-37(35-32-18-12-29(13-19-32)23-26(5)8-2)36-33-20-14-30(15-21-33)24-27(6)9-3/h10-21,25-27H,7-9,22-24H2,1-6H3. The van der Waals surface area contributed by atoms with E-state index in [-0.39, 0.29) is 0 Å². The van der Waals surface area contributed by atoms with Gasteiger partial charge in [-0.15, -0.1) is 0 Å². The van der Waals surface area contributed by atoms with Crippen molar-refractivity contribution in [3.05, 3.63) is 89.5 Å². The molecule has 200 valence electrons. The van der Waals surface area contributed by atoms with Gasteiger partial charge in [0.15, 0.2) is 0 Å². The first-order valence-electron chi connectivity index (χ1n) is 14.0. The molecule has 4 heteroatoms. The van der Waals surface area contributed by atoms with Gasteiger partial charge in [-0.1, -0.05) is 97.2 Å². The van der Waals surface area contributed by atoms with Crippen LogP contribution in [0.1, 0.15) is 77.5 Å². The molecular formula is C33H45O3P. The van der Waals surface area contributed by atoms with Crippen LogP contribution in [-0.2, 0) is 19.3 Å². The molecule has 0 radical (unpaired) electrons. The van der Waals surface area contributed by atoms with Crippen LogP contribution in [0, 0.1) is 17.8 Å². The van der Waals surface area contributed by atoms with E-state index in [9.17, 15) is 0 Å². The molecular weight excluding hydrogens is 475 g/mol. The van der Waals surface area contributed by atoms with E-state index in [1.54, 1.807) is 0 Å². The van der Waals surface area contributed by atoms with Gasteiger partial charge in [-0.2, -0.15) is 0 Å². The van der Waals surface area contributed by atoms with E-state index in [0.717, 1.165) is 36.5 Å². The lowest BCUT2D eigenvalue weighted by atomic mass is 9.99. The van der Waals surface area contributed by atoms with E-state index >= 15 is 0 Å². The minimum atomic E-state index is -1.68. The summed E-state index contributed by atoms with van der Waals surface area (Å²) in [7, 11) is -1.68. The average molecular weight is 521 g/mol. The molecule has 3 aromatic rings. The summed E-state index contributed by atoms with van der Waals surface area (Å²) < 4.78 is 18.8. The normalized spacial score (nSPS) is 14.4. The minimum Gasteiger partial charge on any atom is -0.409 e. The van der Waals surface area contributed by atoms with Gasteiger partial charge in [-0.3, -0.25) is 0 Å². The Kier molecular flexibility index (Phi) is 11.8. The molecule has 0 aromatic heterocycles. The molecule has 0 N–H and O–H groups in total. The summed E-state index contributed by atoms with van der Waals surface area (Å²) in [5, 5.41) is 0. The Balaban J connectivity index is 1.72. The average Bonchev–Trinajstić information content (AvgIpc) is 2.91. The van der Waals surface area contributed by atoms with Gasteiger partial charge in [0.05, 0.1) is 0 Å². The van der Waals surface area contributed by atoms with Crippen LogP contribution >= 0.6 is 8.60 Å². The lowest BCUT2D eigenvalue weighted by molar-refractivity contribution is 0.388. The van der Waals surface area contributed by atoms with Crippen LogP contribution in [0.4, 0.5) is 0 Å². The van der Waals surface area contributed by atoms with Crippen molar-refractivity contribution in [2.24, 2.45) is 17.8 Å². The van der Waals surface area contributed by atoms with Crippen molar-refractivity contribution >= 4 is 8.60 Å². The van der Waals surface area contributed by atoms with Crippen LogP contribution in [0.25, 0.3) is 0 Å². The fourth-order valence-corrected chi connectivity index (χ4v) is 5.01. The van der Waals surface area contributed by atoms with Crippen molar-refractivity contribution in [2.45, 2.75) is 80.1 Å². The van der Waals surface area contributed by atoms with Crippen molar-refractivity contribution in [1.82, 2.24) is 0 Å². The summed E-state index contributed by atoms with van der Waals surface area (Å²) in [6.07, 6.45) is 6.76. The van der Waals surface area contributed by atoms with E-state index in [2.05, 4.69) is 77.9 Å². The van der Waals surface area contributed by atoms with Gasteiger partial charge in [0.1, 0.15) is 17.2 Å². The number of hydrogen-bond acceptors (Lipinski definition) is 3. The summed E-state index contributed by atoms with van der Waals surface area (Å²) >= 11 is 0. The second-order valence-corrected chi connectivity index (χ2v) is 11.6. The van der Waals surface area contributed by atoms with Crippen LogP contribution in [0.5, 0.6) is 17.2 Å². The van der Waals surface area contributed by atoms with Crippen molar-refractivity contribution in [1.29, 1.82) is 0 Å². The zero-order valence-electron chi connectivity index (χ0n) is 23.6. The summed E-state index contributed by atoms with van der Waals surface area (Å²) in [4.78, 5) is 0. The first-order chi connectivity index (χ1) is 17.9. The van der Waals surface area contributed by atoms with Crippen LogP contribution in [0.2, 0.25) is 0 Å². The van der Waals surface area contributed by atoms with Gasteiger partial charge >= 0.3 is 8.60 Å². The third-order valence-corrected chi connectivity index (χ3v) is 8.23. The van der Waals surface area contributed by atoms with E-state index in [1.807, 2.05) is 36.4 Å². The molecule has 0 aliphatic carbocycles. The van der Waals surface area contributed by atoms with Crippen LogP contribution in [-0.4, -0.2) is 0 Å². The zero-order chi connectivity index (χ0) is 26.6. The second-order valence-electron chi connectivity index (χ2n) is 10.6. The van der Waals surface area contributed by atoms with Gasteiger partial charge in [0, 0.05) is 0 Å². The predicted molar refractivity (Wildman–Crippen MR) is 158 cm³/mol. The van der Waals surface area contributed by atoms with Crippen molar-refractivity contribution in [2.75, 3.05) is 0 Å². The SMILES string of the molecule is CCC(C)Cc1ccc(OP(Oc2ccc(CC(C)CC)cc2)Oc2ccc(CC(C)CC)cc2)cc1. The summed E-state index contributed by atoms with van der Waals surface area (Å²) in [5.41, 5.74) is 3.96. The molecule has 0 fully saturated rings. The Morgan fingerprint density at radius 1 is 0.459 bits per heavy atom. The molecule has 3 aromatic carbocycles. The quantitative estimate of drug-likeness (QED) is 0.187. The molecule has 3 unspecified atom stereocenters. The predicted octanol–water partition coefficient (Wildman–Crippen LogP) is 10.2. The van der Waals surface area contributed by atoms with Crippen molar-refractivity contribution < 1.29 is 13.6 Å². The van der Waals surface area contributed by atoms with Crippen LogP contribution in [0.3, 0.4) is 0 Å². The highest BCUT2D eigenvalue weighted by molar-refractivity contribution is 7.43. The molecule has 3 nitrogen and oxygen atoms in total.